The standard InChI is InChI=1S/C9H10BrNO4S2/c10-7-1-2-8(16-7)17(14,15)11-4-3-6(5-11)9(12)13/h1-2,6H,3-5H2,(H,12,13)/t6-/m1/s1. The molecule has 1 N–H and O–H groups in total. The van der Waals surface area contributed by atoms with E-state index in [2.05, 4.69) is 15.9 Å². The fraction of sp³-hybridized carbons (Fsp3) is 0.444. The molecule has 0 aromatic carbocycles. The zero-order chi connectivity index (χ0) is 12.6. The largest absolute Gasteiger partial charge is 0.481 e. The Morgan fingerprint density at radius 1 is 1.53 bits per heavy atom. The molecule has 1 aromatic heterocycles. The van der Waals surface area contributed by atoms with Gasteiger partial charge < -0.3 is 5.11 Å². The molecule has 0 aliphatic carbocycles. The number of rotatable bonds is 3. The quantitative estimate of drug-likeness (QED) is 0.907. The molecule has 0 spiro atoms. The third kappa shape index (κ3) is 2.54. The Balaban J connectivity index is 2.21. The number of hydrogen-bond acceptors (Lipinski definition) is 4. The molecular formula is C9H10BrNO4S2. The Labute approximate surface area is 111 Å². The van der Waals surface area contributed by atoms with E-state index >= 15 is 0 Å². The lowest BCUT2D eigenvalue weighted by atomic mass is 10.1. The molecule has 0 unspecified atom stereocenters. The molecule has 5 nitrogen and oxygen atoms in total. The van der Waals surface area contributed by atoms with Gasteiger partial charge in [-0.3, -0.25) is 4.79 Å². The molecule has 17 heavy (non-hydrogen) atoms. The summed E-state index contributed by atoms with van der Waals surface area (Å²) in [5, 5.41) is 8.85. The molecule has 1 atom stereocenters. The van der Waals surface area contributed by atoms with Crippen molar-refractivity contribution < 1.29 is 18.3 Å². The van der Waals surface area contributed by atoms with Crippen LogP contribution in [0.15, 0.2) is 20.1 Å². The van der Waals surface area contributed by atoms with E-state index in [1.54, 1.807) is 6.07 Å². The summed E-state index contributed by atoms with van der Waals surface area (Å²) in [7, 11) is -3.53. The highest BCUT2D eigenvalue weighted by Crippen LogP contribution is 2.31. The smallest absolute Gasteiger partial charge is 0.307 e. The molecular weight excluding hydrogens is 330 g/mol. The van der Waals surface area contributed by atoms with Gasteiger partial charge in [0.25, 0.3) is 10.0 Å². The third-order valence-electron chi connectivity index (χ3n) is 2.64. The van der Waals surface area contributed by atoms with E-state index in [0.29, 0.717) is 6.42 Å². The first kappa shape index (κ1) is 13.0. The summed E-state index contributed by atoms with van der Waals surface area (Å²) in [6.07, 6.45) is 0.376. The van der Waals surface area contributed by atoms with Crippen LogP contribution in [0, 0.1) is 5.92 Å². The highest BCUT2D eigenvalue weighted by Gasteiger charge is 2.36. The Hall–Kier alpha value is -0.440. The van der Waals surface area contributed by atoms with Crippen molar-refractivity contribution in [2.75, 3.05) is 13.1 Å². The summed E-state index contributed by atoms with van der Waals surface area (Å²) in [4.78, 5) is 10.8. The van der Waals surface area contributed by atoms with Gasteiger partial charge in [-0.1, -0.05) is 0 Å². The average Bonchev–Trinajstić information content (AvgIpc) is 2.85. The minimum absolute atomic E-state index is 0.0627. The molecule has 2 rings (SSSR count). The van der Waals surface area contributed by atoms with Crippen LogP contribution >= 0.6 is 27.3 Å². The first-order valence-corrected chi connectivity index (χ1v) is 7.94. The van der Waals surface area contributed by atoms with Crippen LogP contribution in [0.1, 0.15) is 6.42 Å². The predicted octanol–water partition coefficient (Wildman–Crippen LogP) is 1.61. The Morgan fingerprint density at radius 3 is 2.71 bits per heavy atom. The molecule has 8 heteroatoms. The van der Waals surface area contributed by atoms with Crippen LogP contribution < -0.4 is 0 Å². The van der Waals surface area contributed by atoms with E-state index in [1.165, 1.54) is 10.4 Å². The normalized spacial score (nSPS) is 21.8. The van der Waals surface area contributed by atoms with Gasteiger partial charge in [-0.2, -0.15) is 4.31 Å². The van der Waals surface area contributed by atoms with Crippen molar-refractivity contribution in [3.63, 3.8) is 0 Å². The van der Waals surface area contributed by atoms with Crippen molar-refractivity contribution in [2.45, 2.75) is 10.6 Å². The average molecular weight is 340 g/mol. The van der Waals surface area contributed by atoms with Crippen molar-refractivity contribution in [2.24, 2.45) is 5.92 Å². The highest BCUT2D eigenvalue weighted by molar-refractivity contribution is 9.11. The van der Waals surface area contributed by atoms with Gasteiger partial charge in [-0.05, 0) is 34.5 Å². The van der Waals surface area contributed by atoms with Crippen molar-refractivity contribution in [1.29, 1.82) is 0 Å². The highest BCUT2D eigenvalue weighted by atomic mass is 79.9. The maximum atomic E-state index is 12.1. The Bertz CT molecular complexity index is 539. The van der Waals surface area contributed by atoms with Gasteiger partial charge in [-0.15, -0.1) is 11.3 Å². The van der Waals surface area contributed by atoms with E-state index in [1.807, 2.05) is 0 Å². The van der Waals surface area contributed by atoms with E-state index in [9.17, 15) is 13.2 Å². The monoisotopic (exact) mass is 339 g/mol. The van der Waals surface area contributed by atoms with E-state index in [4.69, 9.17) is 5.11 Å². The van der Waals surface area contributed by atoms with Crippen LogP contribution in [0.4, 0.5) is 0 Å². The number of sulfonamides is 1. The number of nitrogens with zero attached hydrogens (tertiary/aromatic N) is 1. The van der Waals surface area contributed by atoms with Crippen molar-refractivity contribution in [1.82, 2.24) is 4.31 Å². The minimum Gasteiger partial charge on any atom is -0.481 e. The van der Waals surface area contributed by atoms with Crippen molar-refractivity contribution in [3.05, 3.63) is 15.9 Å². The second-order valence-electron chi connectivity index (χ2n) is 3.75. The number of hydrogen-bond donors (Lipinski definition) is 1. The second-order valence-corrected chi connectivity index (χ2v) is 8.37. The Kier molecular flexibility index (Phi) is 3.58. The SMILES string of the molecule is O=C(O)[C@@H]1CCN(S(=O)(=O)c2ccc(Br)s2)C1. The topological polar surface area (TPSA) is 74.7 Å². The molecule has 1 aliphatic heterocycles. The summed E-state index contributed by atoms with van der Waals surface area (Å²) in [5.41, 5.74) is 0. The van der Waals surface area contributed by atoms with E-state index < -0.39 is 21.9 Å². The zero-order valence-electron chi connectivity index (χ0n) is 8.67. The van der Waals surface area contributed by atoms with Gasteiger partial charge in [0, 0.05) is 13.1 Å². The predicted molar refractivity (Wildman–Crippen MR) is 66.5 cm³/mol. The molecule has 1 aromatic rings. The van der Waals surface area contributed by atoms with Gasteiger partial charge in [0.05, 0.1) is 9.70 Å². The molecule has 0 amide bonds. The molecule has 1 aliphatic rings. The molecule has 0 radical (unpaired) electrons. The van der Waals surface area contributed by atoms with Crippen LogP contribution in [0.3, 0.4) is 0 Å². The molecule has 2 heterocycles. The van der Waals surface area contributed by atoms with Crippen LogP contribution in [0.25, 0.3) is 0 Å². The zero-order valence-corrected chi connectivity index (χ0v) is 11.9. The Morgan fingerprint density at radius 2 is 2.24 bits per heavy atom. The van der Waals surface area contributed by atoms with Crippen molar-refractivity contribution in [3.8, 4) is 0 Å². The van der Waals surface area contributed by atoms with Gasteiger partial charge >= 0.3 is 5.97 Å². The first-order chi connectivity index (χ1) is 7.91. The number of aliphatic carboxylic acids is 1. The van der Waals surface area contributed by atoms with Crippen LogP contribution in [-0.2, 0) is 14.8 Å². The number of halogens is 1. The first-order valence-electron chi connectivity index (χ1n) is 4.89. The molecule has 1 saturated heterocycles. The van der Waals surface area contributed by atoms with Gasteiger partial charge in [0.15, 0.2) is 0 Å². The molecule has 0 bridgehead atoms. The van der Waals surface area contributed by atoms with Gasteiger partial charge in [0.2, 0.25) is 0 Å². The third-order valence-corrected chi connectivity index (χ3v) is 6.60. The van der Waals surface area contributed by atoms with Crippen LogP contribution in [-0.4, -0.2) is 36.9 Å². The summed E-state index contributed by atoms with van der Waals surface area (Å²) >= 11 is 4.34. The molecule has 94 valence electrons. The van der Waals surface area contributed by atoms with E-state index in [0.717, 1.165) is 15.1 Å². The number of carboxylic acid groups (broad SMARTS) is 1. The maximum absolute atomic E-state index is 12.1. The van der Waals surface area contributed by atoms with Crippen LogP contribution in [0.2, 0.25) is 0 Å². The van der Waals surface area contributed by atoms with E-state index in [-0.39, 0.29) is 17.3 Å². The summed E-state index contributed by atoms with van der Waals surface area (Å²) < 4.78 is 26.5. The van der Waals surface area contributed by atoms with Gasteiger partial charge in [-0.25, -0.2) is 8.42 Å². The van der Waals surface area contributed by atoms with Crippen LogP contribution in [0.5, 0.6) is 0 Å². The van der Waals surface area contributed by atoms with Gasteiger partial charge in [0.1, 0.15) is 4.21 Å². The number of carbonyl (C=O) groups is 1. The maximum Gasteiger partial charge on any atom is 0.307 e. The summed E-state index contributed by atoms with van der Waals surface area (Å²) in [6, 6.07) is 3.19. The lowest BCUT2D eigenvalue weighted by Crippen LogP contribution is -2.29. The molecule has 1 fully saturated rings. The minimum atomic E-state index is -3.53. The summed E-state index contributed by atoms with van der Waals surface area (Å²) in [6.45, 7) is 0.335. The number of thiophene rings is 1. The number of carboxylic acids is 1. The second kappa shape index (κ2) is 4.68. The van der Waals surface area contributed by atoms with Crippen molar-refractivity contribution >= 4 is 43.3 Å². The fourth-order valence-corrected chi connectivity index (χ4v) is 5.38. The molecule has 0 saturated carbocycles. The summed E-state index contributed by atoms with van der Waals surface area (Å²) in [5.74, 6) is -1.52. The lowest BCUT2D eigenvalue weighted by molar-refractivity contribution is -0.141. The lowest BCUT2D eigenvalue weighted by Gasteiger charge is -2.14. The fourth-order valence-electron chi connectivity index (χ4n) is 1.71.